The van der Waals surface area contributed by atoms with E-state index in [1.54, 1.807) is 0 Å². The third-order valence-corrected chi connectivity index (χ3v) is 0.204. The molecule has 0 fully saturated rings. The van der Waals surface area contributed by atoms with Gasteiger partial charge in [0.2, 0.25) is 0 Å². The maximum absolute atomic E-state index is 9.09. The van der Waals surface area contributed by atoms with E-state index < -0.39 is 10.0 Å². The highest BCUT2D eigenvalue weighted by molar-refractivity contribution is 6.15. The molecule has 0 aromatic heterocycles. The fourth-order valence-corrected chi connectivity index (χ4v) is 0. The van der Waals surface area contributed by atoms with Gasteiger partial charge in [0.25, 0.3) is 0 Å². The first-order valence-electron chi connectivity index (χ1n) is 0.813. The van der Waals surface area contributed by atoms with E-state index in [0.29, 0.717) is 0 Å². The molecule has 0 amide bonds. The molecule has 4 heteroatoms. The minimum absolute atomic E-state index is 1.55. The fraction of sp³-hybridized carbons (Fsp3) is 0. The Bertz CT molecular complexity index is 8.00. The number of hydrogen-bond donors (Lipinski definition) is 1. The summed E-state index contributed by atoms with van der Waals surface area (Å²) >= 11 is 0. The Labute approximate surface area is 26.4 Å². The van der Waals surface area contributed by atoms with Gasteiger partial charge >= 0.3 is 10.0 Å². The molecule has 0 aliphatic carbocycles. The zero-order chi connectivity index (χ0) is 3.41. The van der Waals surface area contributed by atoms with Crippen molar-refractivity contribution in [1.29, 1.82) is 0 Å². The van der Waals surface area contributed by atoms with Crippen LogP contribution in [0.25, 0.3) is 0 Å². The molecule has 25 valence electrons. The van der Waals surface area contributed by atoms with Crippen LogP contribution in [0.15, 0.2) is 0 Å². The zero-order valence-corrected chi connectivity index (χ0v) is 3.52. The molecule has 0 atom stereocenters. The van der Waals surface area contributed by atoms with Gasteiger partial charge in [0.1, 0.15) is 0 Å². The standard InChI is InChI=1S/H4NO2Si/c1-3-4-2/h1,4H2. The SMILES string of the molecule is NO[SiH2][O]. The molecule has 0 aromatic carbocycles. The molecule has 0 rings (SSSR count). The second-order valence-electron chi connectivity index (χ2n) is 0.285. The molecule has 0 spiro atoms. The van der Waals surface area contributed by atoms with Crippen LogP contribution in [0.4, 0.5) is 0 Å². The van der Waals surface area contributed by atoms with Crippen molar-refractivity contribution >= 4 is 10.0 Å². The van der Waals surface area contributed by atoms with E-state index in [2.05, 4.69) is 10.4 Å². The highest BCUT2D eigenvalue weighted by atomic mass is 28.2. The van der Waals surface area contributed by atoms with Crippen LogP contribution in [0.5, 0.6) is 0 Å². The summed E-state index contributed by atoms with van der Waals surface area (Å²) in [6, 6.07) is 0. The smallest absolute Gasteiger partial charge is 0.319 e. The lowest BCUT2D eigenvalue weighted by molar-refractivity contribution is 0.265. The second kappa shape index (κ2) is 3.10. The van der Waals surface area contributed by atoms with Gasteiger partial charge in [0.05, 0.1) is 0 Å². The Balaban J connectivity index is 1.97. The first-order chi connectivity index (χ1) is 1.91. The molecular formula is H4NO2Si. The molecule has 2 N–H and O–H groups in total. The number of hydrogen-bond acceptors (Lipinski definition) is 2. The van der Waals surface area contributed by atoms with E-state index in [4.69, 9.17) is 4.80 Å². The summed E-state index contributed by atoms with van der Waals surface area (Å²) in [6.45, 7) is 0. The van der Waals surface area contributed by atoms with E-state index in [-0.39, 0.29) is 0 Å². The summed E-state index contributed by atoms with van der Waals surface area (Å²) in [5.74, 6) is 4.28. The van der Waals surface area contributed by atoms with Gasteiger partial charge in [-0.2, -0.15) is 0 Å². The Kier molecular flexibility index (Phi) is 3.17. The molecule has 1 radical (unpaired) electrons. The van der Waals surface area contributed by atoms with Crippen LogP contribution in [0.2, 0.25) is 0 Å². The van der Waals surface area contributed by atoms with Gasteiger partial charge in [0.15, 0.2) is 0 Å². The van der Waals surface area contributed by atoms with Crippen molar-refractivity contribution in [2.75, 3.05) is 0 Å². The highest BCUT2D eigenvalue weighted by Gasteiger charge is 1.61. The van der Waals surface area contributed by atoms with Crippen molar-refractivity contribution in [3.05, 3.63) is 0 Å². The quantitative estimate of drug-likeness (QED) is 0.300. The van der Waals surface area contributed by atoms with Gasteiger partial charge in [0, 0.05) is 0 Å². The molecule has 3 nitrogen and oxygen atoms in total. The summed E-state index contributed by atoms with van der Waals surface area (Å²) in [4.78, 5) is 9.09. The van der Waals surface area contributed by atoms with Gasteiger partial charge in [-0.05, 0) is 0 Å². The zero-order valence-electron chi connectivity index (χ0n) is 2.10. The van der Waals surface area contributed by atoms with Crippen molar-refractivity contribution in [2.45, 2.75) is 0 Å². The van der Waals surface area contributed by atoms with Crippen LogP contribution in [-0.4, -0.2) is 10.0 Å². The maximum Gasteiger partial charge on any atom is 0.362 e. The van der Waals surface area contributed by atoms with E-state index in [0.717, 1.165) is 0 Å². The minimum Gasteiger partial charge on any atom is -0.319 e. The lowest BCUT2D eigenvalue weighted by Crippen LogP contribution is -2.00. The molecule has 0 bridgehead atoms. The molecule has 4 heavy (non-hydrogen) atoms. The van der Waals surface area contributed by atoms with Crippen LogP contribution < -0.4 is 5.90 Å². The van der Waals surface area contributed by atoms with E-state index >= 15 is 0 Å². The maximum atomic E-state index is 9.09. The molecule has 0 aliphatic heterocycles. The van der Waals surface area contributed by atoms with E-state index in [1.807, 2.05) is 0 Å². The Morgan fingerprint density at radius 3 is 2.25 bits per heavy atom. The van der Waals surface area contributed by atoms with Gasteiger partial charge < -0.3 is 4.53 Å². The van der Waals surface area contributed by atoms with Crippen LogP contribution in [0.1, 0.15) is 0 Å². The largest absolute Gasteiger partial charge is 0.362 e. The highest BCUT2D eigenvalue weighted by Crippen LogP contribution is 1.33. The number of nitrogens with two attached hydrogens (primary N) is 1. The lowest BCUT2D eigenvalue weighted by Gasteiger charge is -1.71. The lowest BCUT2D eigenvalue weighted by atomic mass is 13.6. The van der Waals surface area contributed by atoms with Gasteiger partial charge in [-0.25, -0.2) is 5.90 Å². The van der Waals surface area contributed by atoms with E-state index in [9.17, 15) is 0 Å². The Hall–Kier alpha value is 0.0969. The normalized spacial score (nSPS) is 10.5. The molecular weight excluding hydrogens is 74.1 g/mol. The molecule has 0 aromatic rings. The van der Waals surface area contributed by atoms with Crippen LogP contribution >= 0.6 is 0 Å². The molecule has 0 heterocycles. The average molecular weight is 78.1 g/mol. The summed E-state index contributed by atoms with van der Waals surface area (Å²) in [7, 11) is -1.55. The summed E-state index contributed by atoms with van der Waals surface area (Å²) in [5, 5.41) is 0. The molecule has 0 aliphatic rings. The minimum atomic E-state index is -1.55. The van der Waals surface area contributed by atoms with Gasteiger partial charge in [-0.1, -0.05) is 0 Å². The Morgan fingerprint density at radius 2 is 2.25 bits per heavy atom. The predicted octanol–water partition coefficient (Wildman–Crippen LogP) is -1.69. The van der Waals surface area contributed by atoms with Crippen molar-refractivity contribution in [1.82, 2.24) is 0 Å². The van der Waals surface area contributed by atoms with Gasteiger partial charge in [-0.3, -0.25) is 4.80 Å². The summed E-state index contributed by atoms with van der Waals surface area (Å²) < 4.78 is 3.62. The van der Waals surface area contributed by atoms with Crippen LogP contribution in [-0.2, 0) is 9.32 Å². The third-order valence-electron chi connectivity index (χ3n) is 0.0680. The fourth-order valence-electron chi connectivity index (χ4n) is 0. The first kappa shape index (κ1) is 4.10. The van der Waals surface area contributed by atoms with Crippen molar-refractivity contribution in [3.63, 3.8) is 0 Å². The first-order valence-corrected chi connectivity index (χ1v) is 1.97. The van der Waals surface area contributed by atoms with Crippen molar-refractivity contribution in [3.8, 4) is 0 Å². The predicted molar refractivity (Wildman–Crippen MR) is 14.5 cm³/mol. The molecule has 0 unspecified atom stereocenters. The van der Waals surface area contributed by atoms with Crippen LogP contribution in [0, 0.1) is 0 Å². The Morgan fingerprint density at radius 1 is 2.00 bits per heavy atom. The summed E-state index contributed by atoms with van der Waals surface area (Å²) in [5.41, 5.74) is 0. The van der Waals surface area contributed by atoms with Crippen LogP contribution in [0.3, 0.4) is 0 Å². The summed E-state index contributed by atoms with van der Waals surface area (Å²) in [6.07, 6.45) is 0. The van der Waals surface area contributed by atoms with Crippen molar-refractivity contribution < 1.29 is 9.32 Å². The average Bonchev–Trinajstić information content (AvgIpc) is 1.37. The molecule has 0 saturated heterocycles. The topological polar surface area (TPSA) is 55.1 Å². The van der Waals surface area contributed by atoms with Gasteiger partial charge in [-0.15, -0.1) is 0 Å². The number of rotatable bonds is 1. The third kappa shape index (κ3) is 2.10. The van der Waals surface area contributed by atoms with E-state index in [1.165, 1.54) is 0 Å². The van der Waals surface area contributed by atoms with Crippen molar-refractivity contribution in [2.24, 2.45) is 5.90 Å². The second-order valence-corrected chi connectivity index (χ2v) is 0.854. The monoisotopic (exact) mass is 78.0 g/mol. The molecule has 0 saturated carbocycles.